The second-order valence-corrected chi connectivity index (χ2v) is 7.54. The molecule has 3 N–H and O–H groups in total. The van der Waals surface area contributed by atoms with E-state index in [1.807, 2.05) is 20.8 Å². The van der Waals surface area contributed by atoms with E-state index in [0.717, 1.165) is 31.9 Å². The second-order valence-electron chi connectivity index (χ2n) is 7.15. The lowest BCUT2D eigenvalue weighted by Crippen LogP contribution is -3.16. The van der Waals surface area contributed by atoms with Gasteiger partial charge >= 0.3 is 0 Å². The number of anilines is 1. The fourth-order valence-corrected chi connectivity index (χ4v) is 2.93. The van der Waals surface area contributed by atoms with Gasteiger partial charge in [0.05, 0.1) is 26.2 Å². The molecule has 0 saturated carbocycles. The third-order valence-electron chi connectivity index (χ3n) is 3.78. The Morgan fingerprint density at radius 1 is 1.25 bits per heavy atom. The summed E-state index contributed by atoms with van der Waals surface area (Å²) in [5, 5.41) is 6.76. The third-order valence-corrected chi connectivity index (χ3v) is 4.14. The monoisotopic (exact) mass is 353 g/mol. The van der Waals surface area contributed by atoms with E-state index in [4.69, 9.17) is 12.2 Å². The lowest BCUT2D eigenvalue weighted by atomic mass is 10.1. The smallest absolute Gasteiger partial charge is 0.275 e. The molecular weight excluding hydrogens is 327 g/mol. The number of halogens is 1. The zero-order valence-electron chi connectivity index (χ0n) is 14.5. The summed E-state index contributed by atoms with van der Waals surface area (Å²) in [5.41, 5.74) is 0.583. The number of thiocarbonyl (C=S) groups is 1. The Labute approximate surface area is 148 Å². The molecule has 7 heteroatoms. The summed E-state index contributed by atoms with van der Waals surface area (Å²) < 4.78 is 12.9. The summed E-state index contributed by atoms with van der Waals surface area (Å²) in [7, 11) is 0. The summed E-state index contributed by atoms with van der Waals surface area (Å²) in [6.07, 6.45) is 0. The number of quaternary nitrogens is 1. The summed E-state index contributed by atoms with van der Waals surface area (Å²) >= 11 is 5.42. The van der Waals surface area contributed by atoms with Gasteiger partial charge in [0.15, 0.2) is 11.7 Å². The van der Waals surface area contributed by atoms with E-state index in [9.17, 15) is 9.18 Å². The SMILES string of the molecule is CC(C)(C)NC(=O)C[NH+]1CCN(C(=S)Nc2ccc(F)cc2)CC1. The molecule has 0 unspecified atom stereocenters. The first-order valence-electron chi connectivity index (χ1n) is 8.19. The van der Waals surface area contributed by atoms with Crippen molar-refractivity contribution in [2.24, 2.45) is 0 Å². The molecule has 1 aliphatic heterocycles. The van der Waals surface area contributed by atoms with Crippen LogP contribution in [-0.4, -0.2) is 54.2 Å². The number of amides is 1. The van der Waals surface area contributed by atoms with Gasteiger partial charge < -0.3 is 20.4 Å². The predicted molar refractivity (Wildman–Crippen MR) is 97.7 cm³/mol. The molecule has 0 spiro atoms. The number of rotatable bonds is 3. The van der Waals surface area contributed by atoms with Gasteiger partial charge in [-0.2, -0.15) is 0 Å². The third kappa shape index (κ3) is 6.05. The van der Waals surface area contributed by atoms with Crippen molar-refractivity contribution in [3.8, 4) is 0 Å². The molecule has 5 nitrogen and oxygen atoms in total. The highest BCUT2D eigenvalue weighted by molar-refractivity contribution is 7.80. The molecule has 1 aromatic carbocycles. The number of nitrogens with zero attached hydrogens (tertiary/aromatic N) is 1. The first-order chi connectivity index (χ1) is 11.2. The first kappa shape index (κ1) is 18.6. The molecule has 1 aromatic rings. The number of carbonyl (C=O) groups is 1. The molecule has 0 bridgehead atoms. The quantitative estimate of drug-likeness (QED) is 0.698. The summed E-state index contributed by atoms with van der Waals surface area (Å²) in [5.74, 6) is -0.185. The Kier molecular flexibility index (Phi) is 6.12. The van der Waals surface area contributed by atoms with E-state index in [1.165, 1.54) is 17.0 Å². The molecule has 0 atom stereocenters. The molecule has 1 fully saturated rings. The van der Waals surface area contributed by atoms with Crippen molar-refractivity contribution in [3.05, 3.63) is 30.1 Å². The van der Waals surface area contributed by atoms with Gasteiger partial charge in [-0.05, 0) is 57.3 Å². The normalized spacial score (nSPS) is 15.9. The molecule has 1 heterocycles. The minimum Gasteiger partial charge on any atom is -0.347 e. The summed E-state index contributed by atoms with van der Waals surface area (Å²) in [4.78, 5) is 15.3. The van der Waals surface area contributed by atoms with Crippen molar-refractivity contribution >= 4 is 28.9 Å². The zero-order valence-corrected chi connectivity index (χ0v) is 15.3. The predicted octanol–water partition coefficient (Wildman–Crippen LogP) is 0.638. The highest BCUT2D eigenvalue weighted by Crippen LogP contribution is 2.09. The largest absolute Gasteiger partial charge is 0.347 e. The molecule has 0 aliphatic carbocycles. The van der Waals surface area contributed by atoms with Crippen LogP contribution in [0.2, 0.25) is 0 Å². The van der Waals surface area contributed by atoms with Crippen molar-refractivity contribution in [2.45, 2.75) is 26.3 Å². The maximum Gasteiger partial charge on any atom is 0.275 e. The molecule has 2 rings (SSSR count). The van der Waals surface area contributed by atoms with Crippen LogP contribution in [0.5, 0.6) is 0 Å². The Morgan fingerprint density at radius 2 is 1.83 bits per heavy atom. The van der Waals surface area contributed by atoms with Gasteiger partial charge in [-0.1, -0.05) is 0 Å². The van der Waals surface area contributed by atoms with Crippen LogP contribution >= 0.6 is 12.2 Å². The number of hydrogen-bond acceptors (Lipinski definition) is 2. The molecule has 0 aromatic heterocycles. The van der Waals surface area contributed by atoms with Crippen molar-refractivity contribution < 1.29 is 14.1 Å². The van der Waals surface area contributed by atoms with Gasteiger partial charge in [-0.25, -0.2) is 4.39 Å². The van der Waals surface area contributed by atoms with Crippen LogP contribution in [-0.2, 0) is 4.79 Å². The summed E-state index contributed by atoms with van der Waals surface area (Å²) in [6, 6.07) is 6.14. The second kappa shape index (κ2) is 7.90. The van der Waals surface area contributed by atoms with Gasteiger partial charge in [0.2, 0.25) is 0 Å². The molecule has 1 saturated heterocycles. The lowest BCUT2D eigenvalue weighted by molar-refractivity contribution is -0.895. The maximum absolute atomic E-state index is 12.9. The number of nitrogens with one attached hydrogen (secondary N) is 3. The maximum atomic E-state index is 12.9. The van der Waals surface area contributed by atoms with Crippen molar-refractivity contribution in [1.29, 1.82) is 0 Å². The van der Waals surface area contributed by atoms with Crippen LogP contribution in [0, 0.1) is 5.82 Å². The topological polar surface area (TPSA) is 48.8 Å². The van der Waals surface area contributed by atoms with Crippen LogP contribution in [0.25, 0.3) is 0 Å². The average molecular weight is 353 g/mol. The molecule has 0 radical (unpaired) electrons. The van der Waals surface area contributed by atoms with E-state index in [2.05, 4.69) is 15.5 Å². The van der Waals surface area contributed by atoms with E-state index < -0.39 is 0 Å². The number of hydrogen-bond donors (Lipinski definition) is 3. The standard InChI is InChI=1S/C17H25FN4OS/c1-17(2,3)20-15(23)12-21-8-10-22(11-9-21)16(24)19-14-6-4-13(18)5-7-14/h4-7H,8-12H2,1-3H3,(H,19,24)(H,20,23)/p+1. The fraction of sp³-hybridized carbons (Fsp3) is 0.529. The van der Waals surface area contributed by atoms with Gasteiger partial charge in [-0.15, -0.1) is 0 Å². The van der Waals surface area contributed by atoms with E-state index in [-0.39, 0.29) is 17.3 Å². The van der Waals surface area contributed by atoms with Gasteiger partial charge in [0.1, 0.15) is 5.82 Å². The Hall–Kier alpha value is -1.73. The fourth-order valence-electron chi connectivity index (χ4n) is 2.63. The van der Waals surface area contributed by atoms with Gasteiger partial charge in [0, 0.05) is 11.2 Å². The number of piperazine rings is 1. The van der Waals surface area contributed by atoms with Crippen LogP contribution in [0.4, 0.5) is 10.1 Å². The summed E-state index contributed by atoms with van der Waals surface area (Å²) in [6.45, 7) is 9.76. The molecule has 24 heavy (non-hydrogen) atoms. The van der Waals surface area contributed by atoms with Crippen LogP contribution in [0.15, 0.2) is 24.3 Å². The van der Waals surface area contributed by atoms with E-state index in [1.54, 1.807) is 12.1 Å². The Balaban J connectivity index is 1.76. The minimum atomic E-state index is -0.266. The number of benzene rings is 1. The zero-order chi connectivity index (χ0) is 17.7. The van der Waals surface area contributed by atoms with Crippen molar-refractivity contribution in [1.82, 2.24) is 10.2 Å². The molecular formula is C17H26FN4OS+. The van der Waals surface area contributed by atoms with Crippen molar-refractivity contribution in [2.75, 3.05) is 38.0 Å². The molecule has 1 amide bonds. The molecule has 1 aliphatic rings. The van der Waals surface area contributed by atoms with Gasteiger partial charge in [-0.3, -0.25) is 4.79 Å². The van der Waals surface area contributed by atoms with Crippen molar-refractivity contribution in [3.63, 3.8) is 0 Å². The van der Waals surface area contributed by atoms with Crippen LogP contribution in [0.3, 0.4) is 0 Å². The van der Waals surface area contributed by atoms with E-state index in [0.29, 0.717) is 11.7 Å². The number of carbonyl (C=O) groups excluding carboxylic acids is 1. The minimum absolute atomic E-state index is 0.0814. The van der Waals surface area contributed by atoms with Crippen LogP contribution in [0.1, 0.15) is 20.8 Å². The molecule has 132 valence electrons. The lowest BCUT2D eigenvalue weighted by Gasteiger charge is -2.34. The average Bonchev–Trinajstić information content (AvgIpc) is 2.48. The first-order valence-corrected chi connectivity index (χ1v) is 8.60. The highest BCUT2D eigenvalue weighted by atomic mass is 32.1. The highest BCUT2D eigenvalue weighted by Gasteiger charge is 2.25. The van der Waals surface area contributed by atoms with E-state index >= 15 is 0 Å². The Morgan fingerprint density at radius 3 is 2.38 bits per heavy atom. The Bertz CT molecular complexity index is 577. The van der Waals surface area contributed by atoms with Gasteiger partial charge in [0.25, 0.3) is 5.91 Å². The van der Waals surface area contributed by atoms with Crippen LogP contribution < -0.4 is 15.5 Å².